The molecule has 21 heavy (non-hydrogen) atoms. The van der Waals surface area contributed by atoms with Crippen molar-refractivity contribution in [3.63, 3.8) is 0 Å². The van der Waals surface area contributed by atoms with Crippen LogP contribution in [0.15, 0.2) is 0 Å². The minimum atomic E-state index is -0.116. The Hall–Kier alpha value is -0.0800. The molecule has 1 saturated heterocycles. The second-order valence-electron chi connectivity index (χ2n) is 6.06. The largest absolute Gasteiger partial charge is 0.307 e. The zero-order chi connectivity index (χ0) is 17.4. The van der Waals surface area contributed by atoms with Crippen molar-refractivity contribution in [3.05, 3.63) is 0 Å². The van der Waals surface area contributed by atoms with E-state index in [2.05, 4.69) is 58.5 Å². The molecule has 0 atom stereocenters. The van der Waals surface area contributed by atoms with Crippen molar-refractivity contribution >= 4 is 0 Å². The highest BCUT2D eigenvalue weighted by Gasteiger charge is 2.02. The normalized spacial score (nSPS) is 16.5. The summed E-state index contributed by atoms with van der Waals surface area (Å²) in [4.78, 5) is 4.64. The minimum absolute atomic E-state index is 0.116. The van der Waals surface area contributed by atoms with Crippen LogP contribution in [0.3, 0.4) is 0 Å². The molecule has 0 aromatic heterocycles. The van der Waals surface area contributed by atoms with E-state index in [0.717, 1.165) is 38.8 Å². The van der Waals surface area contributed by atoms with Crippen molar-refractivity contribution in [3.8, 4) is 0 Å². The molecule has 0 radical (unpaired) electrons. The molecule has 1 aliphatic heterocycles. The third-order valence-corrected chi connectivity index (χ3v) is 4.26. The Morgan fingerprint density at radius 3 is 1.57 bits per heavy atom. The molecule has 0 unspecified atom stereocenters. The van der Waals surface area contributed by atoms with E-state index in [9.17, 15) is 0 Å². The molecule has 0 aromatic rings. The average molecular weight is 303 g/mol. The standard InChI is InChI=1S/C8H18.C6H13N.C5H13N/c1-4-7-8(5-2)6-3;1-7-5-3-2-4-6-7;1-4-6(3)5-2/h8H,4-7H2,1-3H3;2-6H2,1H3;4-5H2,1-3H3/i8T;;. The highest BCUT2D eigenvalue weighted by molar-refractivity contribution is 4.58. The molecule has 0 spiro atoms. The molecule has 0 bridgehead atoms. The number of likely N-dealkylation sites (tertiary alicyclic amines) is 1. The van der Waals surface area contributed by atoms with Gasteiger partial charge < -0.3 is 9.80 Å². The number of rotatable bonds is 6. The first-order chi connectivity index (χ1) is 10.4. The van der Waals surface area contributed by atoms with Gasteiger partial charge in [-0.2, -0.15) is 0 Å². The van der Waals surface area contributed by atoms with Crippen LogP contribution in [0.1, 0.15) is 80.9 Å². The highest BCUT2D eigenvalue weighted by atomic mass is 15.1. The van der Waals surface area contributed by atoms with Crippen LogP contribution in [0.4, 0.5) is 0 Å². The molecule has 1 aliphatic rings. The first kappa shape index (κ1) is 20.9. The van der Waals surface area contributed by atoms with Gasteiger partial charge in [-0.1, -0.05) is 66.7 Å². The van der Waals surface area contributed by atoms with Gasteiger partial charge in [0.15, 0.2) is 0 Å². The summed E-state index contributed by atoms with van der Waals surface area (Å²) >= 11 is 0. The molecule has 2 nitrogen and oxygen atoms in total. The van der Waals surface area contributed by atoms with E-state index in [0.29, 0.717) is 0 Å². The SMILES string of the molecule is CCN(C)CC.CN1CCCCC1.[3H]C(CC)(CC)CCC. The van der Waals surface area contributed by atoms with Crippen LogP contribution in [0, 0.1) is 5.89 Å². The fourth-order valence-electron chi connectivity index (χ4n) is 2.23. The van der Waals surface area contributed by atoms with Gasteiger partial charge in [-0.25, -0.2) is 0 Å². The maximum Gasteiger partial charge on any atom is 0.0302 e. The summed E-state index contributed by atoms with van der Waals surface area (Å²) in [6, 6.07) is 0. The van der Waals surface area contributed by atoms with Crippen LogP contribution in [0.25, 0.3) is 0 Å². The van der Waals surface area contributed by atoms with E-state index >= 15 is 0 Å². The molecule has 1 fully saturated rings. The van der Waals surface area contributed by atoms with Gasteiger partial charge in [0.25, 0.3) is 0 Å². The van der Waals surface area contributed by atoms with Crippen LogP contribution in [0.2, 0.25) is 0 Å². The Labute approximate surface area is 137 Å². The van der Waals surface area contributed by atoms with Crippen molar-refractivity contribution in [1.82, 2.24) is 9.80 Å². The maximum absolute atomic E-state index is 7.82. The van der Waals surface area contributed by atoms with E-state index in [-0.39, 0.29) is 5.89 Å². The molecule has 0 aromatic carbocycles. The predicted molar refractivity (Wildman–Crippen MR) is 99.2 cm³/mol. The van der Waals surface area contributed by atoms with E-state index < -0.39 is 0 Å². The number of hydrogen-bond acceptors (Lipinski definition) is 2. The zero-order valence-electron chi connectivity index (χ0n) is 17.2. The molecule has 0 aliphatic carbocycles. The van der Waals surface area contributed by atoms with Crippen molar-refractivity contribution in [1.29, 1.82) is 0 Å². The monoisotopic (exact) mass is 302 g/mol. The van der Waals surface area contributed by atoms with Gasteiger partial charge in [0.05, 0.1) is 0 Å². The number of nitrogens with zero attached hydrogens (tertiary/aromatic N) is 2. The predicted octanol–water partition coefficient (Wildman–Crippen LogP) is 5.28. The van der Waals surface area contributed by atoms with Gasteiger partial charge >= 0.3 is 0 Å². The summed E-state index contributed by atoms with van der Waals surface area (Å²) in [7, 11) is 4.30. The summed E-state index contributed by atoms with van der Waals surface area (Å²) < 4.78 is 7.82. The smallest absolute Gasteiger partial charge is 0.0302 e. The third kappa shape index (κ3) is 17.9. The fourth-order valence-corrected chi connectivity index (χ4v) is 2.23. The Balaban J connectivity index is 0. The van der Waals surface area contributed by atoms with E-state index in [4.69, 9.17) is 1.37 Å². The molecule has 0 amide bonds. The zero-order valence-corrected chi connectivity index (χ0v) is 16.2. The van der Waals surface area contributed by atoms with E-state index in [1.54, 1.807) is 0 Å². The fraction of sp³-hybridized carbons (Fsp3) is 1.00. The molecule has 1 rings (SSSR count). The number of piperidine rings is 1. The third-order valence-electron chi connectivity index (χ3n) is 4.26. The summed E-state index contributed by atoms with van der Waals surface area (Å²) in [5.74, 6) is -0.116. The summed E-state index contributed by atoms with van der Waals surface area (Å²) in [5, 5.41) is 0. The van der Waals surface area contributed by atoms with Gasteiger partial charge in [-0.3, -0.25) is 0 Å². The lowest BCUT2D eigenvalue weighted by Crippen LogP contribution is -2.24. The Kier molecular flexibility index (Phi) is 17.9. The summed E-state index contributed by atoms with van der Waals surface area (Å²) in [5.41, 5.74) is 0. The molecular weight excluding hydrogens is 256 g/mol. The van der Waals surface area contributed by atoms with Gasteiger partial charge in [0.1, 0.15) is 0 Å². The van der Waals surface area contributed by atoms with Gasteiger partial charge in [-0.15, -0.1) is 0 Å². The molecule has 0 N–H and O–H groups in total. The maximum atomic E-state index is 7.82. The van der Waals surface area contributed by atoms with E-state index in [1.807, 2.05) is 0 Å². The van der Waals surface area contributed by atoms with Gasteiger partial charge in [-0.05, 0) is 59.0 Å². The Bertz CT molecular complexity index is 207. The number of hydrogen-bond donors (Lipinski definition) is 0. The van der Waals surface area contributed by atoms with Crippen LogP contribution < -0.4 is 0 Å². The van der Waals surface area contributed by atoms with Crippen LogP contribution in [-0.2, 0) is 0 Å². The first-order valence-electron chi connectivity index (χ1n) is 9.76. The highest BCUT2D eigenvalue weighted by Crippen LogP contribution is 2.13. The summed E-state index contributed by atoms with van der Waals surface area (Å²) in [6.07, 6.45) is 8.47. The Morgan fingerprint density at radius 2 is 1.43 bits per heavy atom. The molecule has 1 heterocycles. The topological polar surface area (TPSA) is 6.48 Å². The van der Waals surface area contributed by atoms with E-state index in [1.165, 1.54) is 32.4 Å². The lowest BCUT2D eigenvalue weighted by Gasteiger charge is -2.20. The molecule has 2 heteroatoms. The second-order valence-corrected chi connectivity index (χ2v) is 6.06. The van der Waals surface area contributed by atoms with Crippen molar-refractivity contribution in [2.24, 2.45) is 5.89 Å². The second kappa shape index (κ2) is 18.0. The van der Waals surface area contributed by atoms with Gasteiger partial charge in [0, 0.05) is 1.37 Å². The van der Waals surface area contributed by atoms with Crippen molar-refractivity contribution < 1.29 is 1.37 Å². The van der Waals surface area contributed by atoms with Crippen LogP contribution in [0.5, 0.6) is 0 Å². The van der Waals surface area contributed by atoms with Crippen molar-refractivity contribution in [2.45, 2.75) is 79.6 Å². The first-order valence-corrected chi connectivity index (χ1v) is 9.26. The molecule has 130 valence electrons. The molecule has 0 saturated carbocycles. The van der Waals surface area contributed by atoms with Crippen molar-refractivity contribution in [2.75, 3.05) is 40.3 Å². The minimum Gasteiger partial charge on any atom is -0.307 e. The lowest BCUT2D eigenvalue weighted by molar-refractivity contribution is 0.277. The molecular formula is C19H44N2. The Morgan fingerprint density at radius 1 is 0.952 bits per heavy atom. The quantitative estimate of drug-likeness (QED) is 0.658. The summed E-state index contributed by atoms with van der Waals surface area (Å²) in [6.45, 7) is 15.6. The lowest BCUT2D eigenvalue weighted by atomic mass is 9.98. The van der Waals surface area contributed by atoms with Crippen LogP contribution in [-0.4, -0.2) is 50.1 Å². The van der Waals surface area contributed by atoms with Gasteiger partial charge in [0.2, 0.25) is 0 Å². The van der Waals surface area contributed by atoms with Crippen LogP contribution >= 0.6 is 0 Å². The average Bonchev–Trinajstić information content (AvgIpc) is 2.56.